The van der Waals surface area contributed by atoms with Gasteiger partial charge >= 0.3 is 0 Å². The Morgan fingerprint density at radius 3 is 2.56 bits per heavy atom. The molecule has 2 fully saturated rings. The molecule has 2 saturated heterocycles. The van der Waals surface area contributed by atoms with E-state index in [1.807, 2.05) is 24.3 Å². The number of hydrogen-bond acceptors (Lipinski definition) is 4. The summed E-state index contributed by atoms with van der Waals surface area (Å²) in [5.74, 6) is 0.857. The lowest BCUT2D eigenvalue weighted by molar-refractivity contribution is 0.0747. The molecule has 0 aromatic heterocycles. The standard InChI is InChI=1S/C23H29NO3/c25-12-13-27-21-9-5-4-8-19(21)16-24-20-10-11-22(24)23(15-20,17-26)14-18-6-2-1-3-7-18/h1-9,20,22,25-26H,10-17H2/t20-,22+,23-/m0/s1. The molecule has 4 rings (SSSR count). The second-order valence-corrected chi connectivity index (χ2v) is 7.99. The van der Waals surface area contributed by atoms with Gasteiger partial charge in [0.15, 0.2) is 0 Å². The van der Waals surface area contributed by atoms with Gasteiger partial charge in [0.05, 0.1) is 13.2 Å². The van der Waals surface area contributed by atoms with Gasteiger partial charge in [-0.1, -0.05) is 48.5 Å². The summed E-state index contributed by atoms with van der Waals surface area (Å²) in [7, 11) is 0. The minimum Gasteiger partial charge on any atom is -0.491 e. The molecular weight excluding hydrogens is 338 g/mol. The Morgan fingerprint density at radius 1 is 1.00 bits per heavy atom. The van der Waals surface area contributed by atoms with Crippen molar-refractivity contribution in [2.24, 2.45) is 5.41 Å². The average Bonchev–Trinajstić information content (AvgIpc) is 3.23. The molecule has 2 aliphatic heterocycles. The Morgan fingerprint density at radius 2 is 1.78 bits per heavy atom. The van der Waals surface area contributed by atoms with E-state index in [9.17, 15) is 5.11 Å². The van der Waals surface area contributed by atoms with E-state index in [1.54, 1.807) is 0 Å². The minimum absolute atomic E-state index is 0.0218. The molecule has 0 amide bonds. The van der Waals surface area contributed by atoms with Gasteiger partial charge in [0.25, 0.3) is 0 Å². The van der Waals surface area contributed by atoms with Gasteiger partial charge in [-0.2, -0.15) is 0 Å². The van der Waals surface area contributed by atoms with E-state index in [2.05, 4.69) is 35.2 Å². The van der Waals surface area contributed by atoms with Gasteiger partial charge in [-0.3, -0.25) is 4.90 Å². The second-order valence-electron chi connectivity index (χ2n) is 7.99. The van der Waals surface area contributed by atoms with Crippen LogP contribution in [0.2, 0.25) is 0 Å². The highest BCUT2D eigenvalue weighted by atomic mass is 16.5. The maximum atomic E-state index is 10.4. The largest absolute Gasteiger partial charge is 0.491 e. The summed E-state index contributed by atoms with van der Waals surface area (Å²) in [5.41, 5.74) is 2.42. The molecule has 4 nitrogen and oxygen atoms in total. The number of aliphatic hydroxyl groups excluding tert-OH is 2. The molecule has 2 aliphatic rings. The van der Waals surface area contributed by atoms with Gasteiger partial charge in [-0.15, -0.1) is 0 Å². The van der Waals surface area contributed by atoms with Gasteiger partial charge in [0, 0.05) is 29.6 Å². The molecule has 2 aromatic carbocycles. The number of hydrogen-bond donors (Lipinski definition) is 2. The maximum Gasteiger partial charge on any atom is 0.123 e. The molecule has 2 N–H and O–H groups in total. The number of benzene rings is 2. The molecular formula is C23H29NO3. The molecule has 144 valence electrons. The molecule has 27 heavy (non-hydrogen) atoms. The summed E-state index contributed by atoms with van der Waals surface area (Å²) >= 11 is 0. The monoisotopic (exact) mass is 367 g/mol. The number of fused-ring (bicyclic) bond motifs is 2. The van der Waals surface area contributed by atoms with Crippen molar-refractivity contribution in [2.45, 2.75) is 44.3 Å². The van der Waals surface area contributed by atoms with Crippen molar-refractivity contribution in [3.05, 3.63) is 65.7 Å². The zero-order valence-electron chi connectivity index (χ0n) is 15.8. The minimum atomic E-state index is -0.0504. The van der Waals surface area contributed by atoms with Gasteiger partial charge in [-0.05, 0) is 37.3 Å². The van der Waals surface area contributed by atoms with Crippen LogP contribution in [0.25, 0.3) is 0 Å². The Bertz CT molecular complexity index is 750. The topological polar surface area (TPSA) is 52.9 Å². The lowest BCUT2D eigenvalue weighted by Crippen LogP contribution is -2.41. The van der Waals surface area contributed by atoms with Crippen LogP contribution in [0.3, 0.4) is 0 Å². The van der Waals surface area contributed by atoms with Crippen molar-refractivity contribution in [1.82, 2.24) is 4.90 Å². The molecule has 0 radical (unpaired) electrons. The van der Waals surface area contributed by atoms with E-state index in [4.69, 9.17) is 9.84 Å². The van der Waals surface area contributed by atoms with Gasteiger partial charge in [0.2, 0.25) is 0 Å². The van der Waals surface area contributed by atoms with E-state index >= 15 is 0 Å². The van der Waals surface area contributed by atoms with Gasteiger partial charge in [0.1, 0.15) is 12.4 Å². The summed E-state index contributed by atoms with van der Waals surface area (Å²) < 4.78 is 5.74. The van der Waals surface area contributed by atoms with E-state index in [0.29, 0.717) is 18.7 Å². The molecule has 0 aliphatic carbocycles. The van der Waals surface area contributed by atoms with Crippen LogP contribution in [0.5, 0.6) is 5.75 Å². The zero-order chi connectivity index (χ0) is 18.7. The predicted octanol–water partition coefficient (Wildman–Crippen LogP) is 3.02. The number of ether oxygens (including phenoxy) is 1. The first-order valence-corrected chi connectivity index (χ1v) is 9.98. The van der Waals surface area contributed by atoms with E-state index in [0.717, 1.165) is 37.1 Å². The smallest absolute Gasteiger partial charge is 0.123 e. The maximum absolute atomic E-state index is 10.4. The molecule has 4 heteroatoms. The molecule has 0 spiro atoms. The fourth-order valence-electron chi connectivity index (χ4n) is 5.20. The first-order chi connectivity index (χ1) is 13.3. The normalized spacial score (nSPS) is 27.2. The van der Waals surface area contributed by atoms with Crippen LogP contribution in [0.4, 0.5) is 0 Å². The average molecular weight is 367 g/mol. The Balaban J connectivity index is 1.54. The Labute approximate surface area is 161 Å². The summed E-state index contributed by atoms with van der Waals surface area (Å²) in [6.45, 7) is 1.42. The van der Waals surface area contributed by atoms with Crippen LogP contribution < -0.4 is 4.74 Å². The number of nitrogens with zero attached hydrogens (tertiary/aromatic N) is 1. The molecule has 2 heterocycles. The number of rotatable bonds is 8. The zero-order valence-corrected chi connectivity index (χ0v) is 15.8. The number of aliphatic hydroxyl groups is 2. The summed E-state index contributed by atoms with van der Waals surface area (Å²) in [5, 5.41) is 19.4. The van der Waals surface area contributed by atoms with Gasteiger partial charge < -0.3 is 14.9 Å². The van der Waals surface area contributed by atoms with Crippen LogP contribution in [0, 0.1) is 5.41 Å². The van der Waals surface area contributed by atoms with Crippen molar-refractivity contribution in [1.29, 1.82) is 0 Å². The van der Waals surface area contributed by atoms with Gasteiger partial charge in [-0.25, -0.2) is 0 Å². The Kier molecular flexibility index (Phi) is 5.48. The summed E-state index contributed by atoms with van der Waals surface area (Å²) in [6, 6.07) is 19.6. The quantitative estimate of drug-likeness (QED) is 0.753. The third-order valence-corrected chi connectivity index (χ3v) is 6.38. The van der Waals surface area contributed by atoms with Crippen LogP contribution in [-0.2, 0) is 13.0 Å². The van der Waals surface area contributed by atoms with Crippen LogP contribution >= 0.6 is 0 Å². The van der Waals surface area contributed by atoms with Crippen LogP contribution in [-0.4, -0.2) is 47.0 Å². The first kappa shape index (κ1) is 18.5. The SMILES string of the molecule is OCCOc1ccccc1CN1[C@H]2CC[C@@H]1[C@@](CO)(Cc1ccccc1)C2. The van der Waals surface area contributed by atoms with Crippen molar-refractivity contribution in [2.75, 3.05) is 19.8 Å². The number of para-hydroxylation sites is 1. The molecule has 2 bridgehead atoms. The van der Waals surface area contributed by atoms with Crippen molar-refractivity contribution >= 4 is 0 Å². The second kappa shape index (κ2) is 8.01. The van der Waals surface area contributed by atoms with E-state index in [-0.39, 0.29) is 18.6 Å². The van der Waals surface area contributed by atoms with E-state index < -0.39 is 0 Å². The van der Waals surface area contributed by atoms with Crippen LogP contribution in [0.15, 0.2) is 54.6 Å². The molecule has 0 unspecified atom stereocenters. The first-order valence-electron chi connectivity index (χ1n) is 9.98. The van der Waals surface area contributed by atoms with Crippen molar-refractivity contribution in [3.8, 4) is 5.75 Å². The van der Waals surface area contributed by atoms with Crippen molar-refractivity contribution < 1.29 is 14.9 Å². The fourth-order valence-corrected chi connectivity index (χ4v) is 5.20. The highest BCUT2D eigenvalue weighted by molar-refractivity contribution is 5.34. The fraction of sp³-hybridized carbons (Fsp3) is 0.478. The third-order valence-electron chi connectivity index (χ3n) is 6.38. The predicted molar refractivity (Wildman–Crippen MR) is 106 cm³/mol. The molecule has 0 saturated carbocycles. The van der Waals surface area contributed by atoms with Crippen LogP contribution in [0.1, 0.15) is 30.4 Å². The third kappa shape index (κ3) is 3.62. The summed E-state index contributed by atoms with van der Waals surface area (Å²) in [6.07, 6.45) is 4.35. The van der Waals surface area contributed by atoms with E-state index in [1.165, 1.54) is 12.0 Å². The lowest BCUT2D eigenvalue weighted by Gasteiger charge is -2.36. The summed E-state index contributed by atoms with van der Waals surface area (Å²) in [4.78, 5) is 2.58. The molecule has 2 aromatic rings. The highest BCUT2D eigenvalue weighted by Crippen LogP contribution is 2.52. The molecule has 3 atom stereocenters. The Hall–Kier alpha value is -1.88. The van der Waals surface area contributed by atoms with Crippen molar-refractivity contribution in [3.63, 3.8) is 0 Å². The highest BCUT2D eigenvalue weighted by Gasteiger charge is 2.55. The lowest BCUT2D eigenvalue weighted by atomic mass is 9.70.